The summed E-state index contributed by atoms with van der Waals surface area (Å²) in [7, 11) is 0. The Kier molecular flexibility index (Phi) is 5.93. The molecule has 166 valence electrons. The Balaban J connectivity index is 1.71. The van der Waals surface area contributed by atoms with Crippen molar-refractivity contribution < 1.29 is 5.11 Å². The third-order valence-electron chi connectivity index (χ3n) is 5.55. The molecule has 0 saturated carbocycles. The number of aromatic hydroxyl groups is 1. The van der Waals surface area contributed by atoms with Crippen molar-refractivity contribution >= 4 is 57.8 Å². The zero-order valence-corrected chi connectivity index (χ0v) is 20.1. The van der Waals surface area contributed by atoms with E-state index in [0.717, 1.165) is 17.1 Å². The van der Waals surface area contributed by atoms with E-state index in [2.05, 4.69) is 10.3 Å². The molecule has 5 nitrogen and oxygen atoms in total. The normalized spacial score (nSPS) is 17.9. The molecule has 3 heterocycles. The summed E-state index contributed by atoms with van der Waals surface area (Å²) in [6.07, 6.45) is 3.67. The van der Waals surface area contributed by atoms with Crippen LogP contribution < -0.4 is 10.2 Å². The minimum atomic E-state index is -0.362. The van der Waals surface area contributed by atoms with Gasteiger partial charge in [-0.2, -0.15) is 0 Å². The number of pyridine rings is 1. The van der Waals surface area contributed by atoms with Crippen LogP contribution in [0.1, 0.15) is 23.5 Å². The molecule has 0 bridgehead atoms. The first-order valence-electron chi connectivity index (χ1n) is 10.1. The summed E-state index contributed by atoms with van der Waals surface area (Å²) in [6.45, 7) is 0. The largest absolute Gasteiger partial charge is 0.506 e. The highest BCUT2D eigenvalue weighted by Gasteiger charge is 2.43. The maximum atomic E-state index is 10.7. The molecule has 1 saturated heterocycles. The van der Waals surface area contributed by atoms with Gasteiger partial charge in [-0.25, -0.2) is 0 Å². The fraction of sp³-hybridized carbons (Fsp3) is 0.0833. The van der Waals surface area contributed by atoms with Crippen LogP contribution in [-0.2, 0) is 0 Å². The first kappa shape index (κ1) is 22.0. The van der Waals surface area contributed by atoms with E-state index in [1.165, 1.54) is 0 Å². The number of aromatic nitrogens is 2. The standard InChI is InChI=1S/C24H17Cl3N4OS/c25-14-6-8-18(16(27)12-14)30-11-3-5-19(30)23-22(17-4-1-2-10-28-17)29-24(33)31(23)20-13-15(26)7-9-21(20)32/h1-13,22-23,32H,(H,29,33)/t22-,23-/m1/s1. The summed E-state index contributed by atoms with van der Waals surface area (Å²) in [5.41, 5.74) is 2.97. The number of anilines is 1. The Morgan fingerprint density at radius 1 is 0.909 bits per heavy atom. The molecule has 0 amide bonds. The quantitative estimate of drug-likeness (QED) is 0.296. The summed E-state index contributed by atoms with van der Waals surface area (Å²) in [6, 6.07) is 19.3. The van der Waals surface area contributed by atoms with Crippen LogP contribution in [-0.4, -0.2) is 19.8 Å². The van der Waals surface area contributed by atoms with Crippen LogP contribution in [0.4, 0.5) is 5.69 Å². The number of nitrogens with zero attached hydrogens (tertiary/aromatic N) is 3. The topological polar surface area (TPSA) is 53.3 Å². The van der Waals surface area contributed by atoms with E-state index in [0.29, 0.717) is 25.9 Å². The Morgan fingerprint density at radius 2 is 1.70 bits per heavy atom. The monoisotopic (exact) mass is 514 g/mol. The van der Waals surface area contributed by atoms with Gasteiger partial charge in [0, 0.05) is 28.1 Å². The number of rotatable bonds is 4. The number of hydrogen-bond donors (Lipinski definition) is 2. The molecular weight excluding hydrogens is 499 g/mol. The van der Waals surface area contributed by atoms with Gasteiger partial charge in [-0.3, -0.25) is 4.98 Å². The van der Waals surface area contributed by atoms with Gasteiger partial charge in [0.2, 0.25) is 0 Å². The molecule has 1 fully saturated rings. The molecule has 9 heteroatoms. The van der Waals surface area contributed by atoms with Gasteiger partial charge in [0.1, 0.15) is 11.8 Å². The lowest BCUT2D eigenvalue weighted by Crippen LogP contribution is -2.30. The molecule has 2 atom stereocenters. The average molecular weight is 516 g/mol. The molecule has 1 aliphatic rings. The summed E-state index contributed by atoms with van der Waals surface area (Å²) in [5, 5.41) is 16.1. The third-order valence-corrected chi connectivity index (χ3v) is 6.64. The van der Waals surface area contributed by atoms with Crippen molar-refractivity contribution in [2.24, 2.45) is 0 Å². The van der Waals surface area contributed by atoms with Crippen molar-refractivity contribution in [3.8, 4) is 11.4 Å². The van der Waals surface area contributed by atoms with Crippen LogP contribution >= 0.6 is 47.0 Å². The fourth-order valence-corrected chi connectivity index (χ4v) is 5.14. The highest BCUT2D eigenvalue weighted by atomic mass is 35.5. The molecule has 33 heavy (non-hydrogen) atoms. The third kappa shape index (κ3) is 4.04. The maximum absolute atomic E-state index is 10.7. The predicted molar refractivity (Wildman–Crippen MR) is 137 cm³/mol. The van der Waals surface area contributed by atoms with Gasteiger partial charge in [-0.05, 0) is 72.9 Å². The molecule has 5 rings (SSSR count). The smallest absolute Gasteiger partial charge is 0.174 e. The van der Waals surface area contributed by atoms with Crippen LogP contribution in [0.2, 0.25) is 15.1 Å². The Labute approximate surface area is 211 Å². The molecular formula is C24H17Cl3N4OS. The van der Waals surface area contributed by atoms with Gasteiger partial charge >= 0.3 is 0 Å². The molecule has 1 aliphatic heterocycles. The number of nitrogens with one attached hydrogen (secondary N) is 1. The second kappa shape index (κ2) is 8.88. The van der Waals surface area contributed by atoms with E-state index in [4.69, 9.17) is 47.0 Å². The van der Waals surface area contributed by atoms with Crippen molar-refractivity contribution in [1.29, 1.82) is 0 Å². The number of phenols is 1. The Bertz CT molecular complexity index is 1340. The lowest BCUT2D eigenvalue weighted by molar-refractivity contribution is 0.472. The van der Waals surface area contributed by atoms with Crippen LogP contribution in [0.15, 0.2) is 79.1 Å². The van der Waals surface area contributed by atoms with Crippen molar-refractivity contribution in [2.75, 3.05) is 4.90 Å². The SMILES string of the molecule is Oc1ccc(Cl)cc1N1C(=S)N[C@H](c2ccccn2)[C@H]1c1cccn1-c1ccc(Cl)cc1Cl. The first-order chi connectivity index (χ1) is 15.9. The van der Waals surface area contributed by atoms with Gasteiger partial charge < -0.3 is 19.9 Å². The number of halogens is 3. The van der Waals surface area contributed by atoms with Gasteiger partial charge in [-0.1, -0.05) is 40.9 Å². The zero-order chi connectivity index (χ0) is 23.1. The number of thiocarbonyl (C=S) groups is 1. The van der Waals surface area contributed by atoms with Gasteiger partial charge in [0.05, 0.1) is 28.1 Å². The van der Waals surface area contributed by atoms with E-state index < -0.39 is 0 Å². The van der Waals surface area contributed by atoms with E-state index >= 15 is 0 Å². The maximum Gasteiger partial charge on any atom is 0.174 e. The first-order valence-corrected chi connectivity index (χ1v) is 11.6. The summed E-state index contributed by atoms with van der Waals surface area (Å²) < 4.78 is 1.99. The molecule has 4 aromatic rings. The summed E-state index contributed by atoms with van der Waals surface area (Å²) >= 11 is 24.7. The Morgan fingerprint density at radius 3 is 2.45 bits per heavy atom. The minimum absolute atomic E-state index is 0.0675. The van der Waals surface area contributed by atoms with Gasteiger partial charge in [-0.15, -0.1) is 0 Å². The highest BCUT2D eigenvalue weighted by molar-refractivity contribution is 7.80. The van der Waals surface area contributed by atoms with E-state index in [1.807, 2.05) is 52.1 Å². The molecule has 0 unspecified atom stereocenters. The predicted octanol–water partition coefficient (Wildman–Crippen LogP) is 6.72. The number of phenolic OH excluding ortho intramolecular Hbond substituents is 1. The Hall–Kier alpha value is -2.77. The summed E-state index contributed by atoms with van der Waals surface area (Å²) in [4.78, 5) is 6.43. The van der Waals surface area contributed by atoms with Gasteiger partial charge in [0.25, 0.3) is 0 Å². The second-order valence-electron chi connectivity index (χ2n) is 7.53. The summed E-state index contributed by atoms with van der Waals surface area (Å²) in [5.74, 6) is 0.0675. The molecule has 0 radical (unpaired) electrons. The number of benzene rings is 2. The lowest BCUT2D eigenvalue weighted by atomic mass is 10.0. The van der Waals surface area contributed by atoms with Crippen LogP contribution in [0, 0.1) is 0 Å². The fourth-order valence-electron chi connectivity index (χ4n) is 4.14. The highest BCUT2D eigenvalue weighted by Crippen LogP contribution is 2.45. The van der Waals surface area contributed by atoms with Crippen molar-refractivity contribution in [3.05, 3.63) is 106 Å². The lowest BCUT2D eigenvalue weighted by Gasteiger charge is -2.29. The van der Waals surface area contributed by atoms with Crippen LogP contribution in [0.5, 0.6) is 5.75 Å². The molecule has 2 aromatic heterocycles. The van der Waals surface area contributed by atoms with E-state index in [1.54, 1.807) is 36.5 Å². The van der Waals surface area contributed by atoms with Crippen molar-refractivity contribution in [3.63, 3.8) is 0 Å². The zero-order valence-electron chi connectivity index (χ0n) is 17.0. The molecule has 2 aromatic carbocycles. The van der Waals surface area contributed by atoms with Crippen LogP contribution in [0.25, 0.3) is 5.69 Å². The average Bonchev–Trinajstić information content (AvgIpc) is 3.40. The van der Waals surface area contributed by atoms with E-state index in [9.17, 15) is 5.11 Å². The van der Waals surface area contributed by atoms with Gasteiger partial charge in [0.15, 0.2) is 5.11 Å². The molecule has 2 N–H and O–H groups in total. The molecule has 0 spiro atoms. The minimum Gasteiger partial charge on any atom is -0.506 e. The second-order valence-corrected chi connectivity index (χ2v) is 9.20. The molecule has 0 aliphatic carbocycles. The van der Waals surface area contributed by atoms with Crippen LogP contribution in [0.3, 0.4) is 0 Å². The van der Waals surface area contributed by atoms with E-state index in [-0.39, 0.29) is 17.8 Å². The van der Waals surface area contributed by atoms with Crippen molar-refractivity contribution in [1.82, 2.24) is 14.9 Å². The number of hydrogen-bond acceptors (Lipinski definition) is 3. The van der Waals surface area contributed by atoms with Crippen molar-refractivity contribution in [2.45, 2.75) is 12.1 Å².